The zero-order valence-electron chi connectivity index (χ0n) is 14.1. The Morgan fingerprint density at radius 3 is 2.54 bits per heavy atom. The lowest BCUT2D eigenvalue weighted by molar-refractivity contribution is -0.116. The Labute approximate surface area is 150 Å². The molecule has 0 unspecified atom stereocenters. The number of hydrogen-bond acceptors (Lipinski definition) is 3. The van der Waals surface area contributed by atoms with E-state index in [1.807, 2.05) is 6.07 Å². The first-order chi connectivity index (χ1) is 11.2. The number of carbonyl (C=O) groups is 2. The van der Waals surface area contributed by atoms with Gasteiger partial charge in [-0.15, -0.1) is 12.4 Å². The van der Waals surface area contributed by atoms with Crippen LogP contribution in [0, 0.1) is 5.92 Å². The summed E-state index contributed by atoms with van der Waals surface area (Å²) in [4.78, 5) is 24.3. The number of nitrogens with one attached hydrogen (secondary N) is 2. The van der Waals surface area contributed by atoms with Crippen molar-refractivity contribution >= 4 is 29.9 Å². The van der Waals surface area contributed by atoms with Gasteiger partial charge < -0.3 is 16.4 Å². The first-order valence-electron chi connectivity index (χ1n) is 8.58. The number of carbonyl (C=O) groups excluding carboxylic acids is 2. The lowest BCUT2D eigenvalue weighted by Gasteiger charge is -2.21. The normalized spacial score (nSPS) is 14.5. The molecule has 1 aromatic rings. The van der Waals surface area contributed by atoms with E-state index in [2.05, 4.69) is 10.6 Å². The first-order valence-corrected chi connectivity index (χ1v) is 8.58. The molecule has 0 atom stereocenters. The number of amides is 2. The Balaban J connectivity index is 0.00000288. The molecule has 24 heavy (non-hydrogen) atoms. The van der Waals surface area contributed by atoms with E-state index in [-0.39, 0.29) is 24.2 Å². The molecule has 1 saturated carbocycles. The molecule has 1 fully saturated rings. The third-order valence-electron chi connectivity index (χ3n) is 4.38. The van der Waals surface area contributed by atoms with E-state index in [1.54, 1.807) is 18.2 Å². The minimum atomic E-state index is -0.210. The Kier molecular flexibility index (Phi) is 9.42. The minimum Gasteiger partial charge on any atom is -0.351 e. The van der Waals surface area contributed by atoms with E-state index in [1.165, 1.54) is 32.1 Å². The molecule has 4 N–H and O–H groups in total. The van der Waals surface area contributed by atoms with Gasteiger partial charge in [0.2, 0.25) is 5.91 Å². The van der Waals surface area contributed by atoms with Crippen molar-refractivity contribution in [2.45, 2.75) is 44.9 Å². The molecule has 0 spiro atoms. The van der Waals surface area contributed by atoms with Crippen molar-refractivity contribution in [2.75, 3.05) is 18.4 Å². The second kappa shape index (κ2) is 11.0. The number of para-hydroxylation sites is 1. The van der Waals surface area contributed by atoms with E-state index in [0.717, 1.165) is 6.42 Å². The fourth-order valence-electron chi connectivity index (χ4n) is 3.09. The van der Waals surface area contributed by atoms with Crippen LogP contribution in [0.5, 0.6) is 0 Å². The summed E-state index contributed by atoms with van der Waals surface area (Å²) >= 11 is 0. The van der Waals surface area contributed by atoms with Crippen LogP contribution in [0.4, 0.5) is 5.69 Å². The summed E-state index contributed by atoms with van der Waals surface area (Å²) < 4.78 is 0. The van der Waals surface area contributed by atoms with Gasteiger partial charge in [-0.25, -0.2) is 0 Å². The smallest absolute Gasteiger partial charge is 0.253 e. The van der Waals surface area contributed by atoms with E-state index in [4.69, 9.17) is 5.73 Å². The molecule has 0 saturated heterocycles. The van der Waals surface area contributed by atoms with Crippen LogP contribution >= 0.6 is 12.4 Å². The van der Waals surface area contributed by atoms with Crippen LogP contribution in [0.1, 0.15) is 55.3 Å². The van der Waals surface area contributed by atoms with Crippen molar-refractivity contribution in [3.63, 3.8) is 0 Å². The van der Waals surface area contributed by atoms with E-state index >= 15 is 0 Å². The number of nitrogens with two attached hydrogens (primary N) is 1. The highest BCUT2D eigenvalue weighted by Gasteiger charge is 2.16. The second-order valence-electron chi connectivity index (χ2n) is 6.18. The van der Waals surface area contributed by atoms with Crippen LogP contribution in [0.2, 0.25) is 0 Å². The topological polar surface area (TPSA) is 84.2 Å². The average molecular weight is 354 g/mol. The minimum absolute atomic E-state index is 0. The van der Waals surface area contributed by atoms with Gasteiger partial charge >= 0.3 is 0 Å². The molecule has 2 rings (SSSR count). The Bertz CT molecular complexity index is 531. The molecule has 0 radical (unpaired) electrons. The quantitative estimate of drug-likeness (QED) is 0.704. The van der Waals surface area contributed by atoms with Crippen LogP contribution < -0.4 is 16.4 Å². The summed E-state index contributed by atoms with van der Waals surface area (Å²) in [6, 6.07) is 7.07. The number of hydrogen-bond donors (Lipinski definition) is 3. The highest BCUT2D eigenvalue weighted by Crippen LogP contribution is 2.27. The average Bonchev–Trinajstić information content (AvgIpc) is 2.59. The fraction of sp³-hybridized carbons (Fsp3) is 0.556. The van der Waals surface area contributed by atoms with Crippen molar-refractivity contribution in [3.8, 4) is 0 Å². The van der Waals surface area contributed by atoms with Gasteiger partial charge in [-0.1, -0.05) is 44.2 Å². The molecule has 0 aliphatic heterocycles. The lowest BCUT2D eigenvalue weighted by Crippen LogP contribution is -2.30. The first kappa shape index (κ1) is 20.5. The lowest BCUT2D eigenvalue weighted by atomic mass is 9.86. The molecule has 0 aromatic heterocycles. The summed E-state index contributed by atoms with van der Waals surface area (Å²) in [5.74, 6) is 0.450. The fourth-order valence-corrected chi connectivity index (χ4v) is 3.09. The second-order valence-corrected chi connectivity index (χ2v) is 6.18. The van der Waals surface area contributed by atoms with E-state index in [9.17, 15) is 9.59 Å². The molecule has 1 aromatic carbocycles. The standard InChI is InChI=1S/C18H27N3O2.ClH/c19-12-13-20-18(23)15-8-4-5-9-16(15)21-17(22)11-10-14-6-2-1-3-7-14;/h4-5,8-9,14H,1-3,6-7,10-13,19H2,(H,20,23)(H,21,22);1H. The molecule has 1 aliphatic carbocycles. The van der Waals surface area contributed by atoms with Gasteiger partial charge in [0.05, 0.1) is 11.3 Å². The van der Waals surface area contributed by atoms with Gasteiger partial charge in [0.15, 0.2) is 0 Å². The van der Waals surface area contributed by atoms with Crippen molar-refractivity contribution in [1.82, 2.24) is 5.32 Å². The molecular formula is C18H28ClN3O2. The van der Waals surface area contributed by atoms with Gasteiger partial charge in [-0.2, -0.15) is 0 Å². The van der Waals surface area contributed by atoms with E-state index < -0.39 is 0 Å². The summed E-state index contributed by atoms with van der Waals surface area (Å²) in [5.41, 5.74) is 6.44. The largest absolute Gasteiger partial charge is 0.351 e. The van der Waals surface area contributed by atoms with Crippen LogP contribution in [-0.4, -0.2) is 24.9 Å². The van der Waals surface area contributed by atoms with Gasteiger partial charge in [0.1, 0.15) is 0 Å². The third kappa shape index (κ3) is 6.49. The summed E-state index contributed by atoms with van der Waals surface area (Å²) in [6.45, 7) is 0.810. The molecule has 0 heterocycles. The molecule has 5 nitrogen and oxygen atoms in total. The molecule has 2 amide bonds. The predicted molar refractivity (Wildman–Crippen MR) is 99.5 cm³/mol. The molecule has 0 bridgehead atoms. The van der Waals surface area contributed by atoms with Crippen molar-refractivity contribution in [2.24, 2.45) is 11.7 Å². The number of rotatable bonds is 7. The van der Waals surface area contributed by atoms with Gasteiger partial charge in [-0.05, 0) is 24.5 Å². The Hall–Kier alpha value is -1.59. The van der Waals surface area contributed by atoms with Crippen LogP contribution in [0.15, 0.2) is 24.3 Å². The zero-order valence-corrected chi connectivity index (χ0v) is 14.9. The maximum atomic E-state index is 12.2. The van der Waals surface area contributed by atoms with Crippen molar-refractivity contribution < 1.29 is 9.59 Å². The molecule has 134 valence electrons. The predicted octanol–water partition coefficient (Wildman–Crippen LogP) is 3.10. The van der Waals surface area contributed by atoms with Crippen LogP contribution in [0.25, 0.3) is 0 Å². The number of halogens is 1. The maximum Gasteiger partial charge on any atom is 0.253 e. The van der Waals surface area contributed by atoms with Gasteiger partial charge in [-0.3, -0.25) is 9.59 Å². The van der Waals surface area contributed by atoms with E-state index in [0.29, 0.717) is 36.7 Å². The van der Waals surface area contributed by atoms with Gasteiger partial charge in [0, 0.05) is 19.5 Å². The monoisotopic (exact) mass is 353 g/mol. The zero-order chi connectivity index (χ0) is 16.5. The van der Waals surface area contributed by atoms with Crippen LogP contribution in [-0.2, 0) is 4.79 Å². The summed E-state index contributed by atoms with van der Waals surface area (Å²) in [5, 5.41) is 5.61. The maximum absolute atomic E-state index is 12.2. The molecule has 1 aliphatic rings. The highest BCUT2D eigenvalue weighted by atomic mass is 35.5. The van der Waals surface area contributed by atoms with Crippen molar-refractivity contribution in [3.05, 3.63) is 29.8 Å². The Morgan fingerprint density at radius 2 is 1.83 bits per heavy atom. The Morgan fingerprint density at radius 1 is 1.12 bits per heavy atom. The highest BCUT2D eigenvalue weighted by molar-refractivity contribution is 6.03. The number of benzene rings is 1. The molecule has 6 heteroatoms. The van der Waals surface area contributed by atoms with Gasteiger partial charge in [0.25, 0.3) is 5.91 Å². The third-order valence-corrected chi connectivity index (χ3v) is 4.38. The SMILES string of the molecule is Cl.NCCNC(=O)c1ccccc1NC(=O)CCC1CCCCC1. The van der Waals surface area contributed by atoms with Crippen LogP contribution in [0.3, 0.4) is 0 Å². The summed E-state index contributed by atoms with van der Waals surface area (Å²) in [6.07, 6.45) is 7.84. The van der Waals surface area contributed by atoms with Crippen molar-refractivity contribution in [1.29, 1.82) is 0 Å². The summed E-state index contributed by atoms with van der Waals surface area (Å²) in [7, 11) is 0. The molecular weight excluding hydrogens is 326 g/mol. The number of anilines is 1.